The summed E-state index contributed by atoms with van der Waals surface area (Å²) in [7, 11) is 0. The number of ketones is 1. The van der Waals surface area contributed by atoms with Gasteiger partial charge in [0, 0.05) is 19.3 Å². The van der Waals surface area contributed by atoms with Crippen molar-refractivity contribution in [1.82, 2.24) is 15.1 Å². The Kier molecular flexibility index (Phi) is 1.69. The summed E-state index contributed by atoms with van der Waals surface area (Å²) in [4.78, 5) is 11.3. The van der Waals surface area contributed by atoms with Gasteiger partial charge in [0.1, 0.15) is 0 Å². The monoisotopic (exact) mass is 165 g/mol. The molecule has 0 atom stereocenters. The highest BCUT2D eigenvalue weighted by atomic mass is 16.1. The first-order chi connectivity index (χ1) is 5.81. The Morgan fingerprint density at radius 3 is 3.17 bits per heavy atom. The third kappa shape index (κ3) is 1.04. The molecule has 0 radical (unpaired) electrons. The molecule has 12 heavy (non-hydrogen) atoms. The molecule has 2 rings (SSSR count). The van der Waals surface area contributed by atoms with Crippen molar-refractivity contribution in [1.29, 1.82) is 0 Å². The molecule has 0 unspecified atom stereocenters. The van der Waals surface area contributed by atoms with Crippen molar-refractivity contribution in [2.45, 2.75) is 20.0 Å². The van der Waals surface area contributed by atoms with Crippen molar-refractivity contribution in [3.05, 3.63) is 17.5 Å². The van der Waals surface area contributed by atoms with E-state index in [1.807, 2.05) is 13.1 Å². The van der Waals surface area contributed by atoms with Crippen LogP contribution < -0.4 is 5.32 Å². The zero-order valence-corrected chi connectivity index (χ0v) is 7.00. The van der Waals surface area contributed by atoms with Crippen LogP contribution in [0.4, 0.5) is 0 Å². The molecule has 0 amide bonds. The number of aromatic nitrogens is 2. The fraction of sp³-hybridized carbons (Fsp3) is 0.500. The van der Waals surface area contributed by atoms with E-state index in [1.165, 1.54) is 0 Å². The number of Topliss-reactive ketones (excluding diaryl/α,β-unsaturated/α-hetero) is 1. The lowest BCUT2D eigenvalue weighted by Crippen LogP contribution is -2.29. The lowest BCUT2D eigenvalue weighted by molar-refractivity contribution is 0.0982. The molecule has 0 fully saturated rings. The summed E-state index contributed by atoms with van der Waals surface area (Å²) in [5, 5.41) is 7.26. The van der Waals surface area contributed by atoms with E-state index in [4.69, 9.17) is 0 Å². The maximum atomic E-state index is 11.3. The number of nitrogens with one attached hydrogen (secondary N) is 1. The number of nitrogens with zero attached hydrogens (tertiary/aromatic N) is 2. The van der Waals surface area contributed by atoms with Gasteiger partial charge in [-0.15, -0.1) is 0 Å². The van der Waals surface area contributed by atoms with E-state index in [2.05, 4.69) is 10.4 Å². The summed E-state index contributed by atoms with van der Waals surface area (Å²) in [5.74, 6) is 0.149. The summed E-state index contributed by atoms with van der Waals surface area (Å²) in [6, 6.07) is 0. The first kappa shape index (κ1) is 7.49. The molecule has 0 saturated heterocycles. The van der Waals surface area contributed by atoms with Crippen molar-refractivity contribution in [2.75, 3.05) is 6.54 Å². The predicted molar refractivity (Wildman–Crippen MR) is 43.9 cm³/mol. The van der Waals surface area contributed by atoms with Gasteiger partial charge in [0.15, 0.2) is 5.78 Å². The second-order valence-corrected chi connectivity index (χ2v) is 2.87. The Hall–Kier alpha value is -1.16. The summed E-state index contributed by atoms with van der Waals surface area (Å²) >= 11 is 0. The van der Waals surface area contributed by atoms with Gasteiger partial charge in [0.25, 0.3) is 0 Å². The van der Waals surface area contributed by atoms with E-state index in [0.29, 0.717) is 13.1 Å². The van der Waals surface area contributed by atoms with Crippen LogP contribution in [0.25, 0.3) is 0 Å². The topological polar surface area (TPSA) is 46.9 Å². The van der Waals surface area contributed by atoms with Gasteiger partial charge in [-0.05, 0) is 6.92 Å². The molecule has 1 aliphatic heterocycles. The quantitative estimate of drug-likeness (QED) is 0.646. The Balaban J connectivity index is 2.43. The number of rotatable bonds is 1. The molecule has 1 aromatic heterocycles. The molecular formula is C8H11N3O. The third-order valence-electron chi connectivity index (χ3n) is 2.04. The molecule has 4 nitrogen and oxygen atoms in total. The van der Waals surface area contributed by atoms with Crippen LogP contribution in [0.2, 0.25) is 0 Å². The fourth-order valence-electron chi connectivity index (χ4n) is 1.38. The number of fused-ring (bicyclic) bond motifs is 1. The van der Waals surface area contributed by atoms with Crippen LogP contribution in [-0.4, -0.2) is 22.1 Å². The molecule has 1 aliphatic rings. The highest BCUT2D eigenvalue weighted by Gasteiger charge is 2.19. The maximum absolute atomic E-state index is 11.3. The van der Waals surface area contributed by atoms with Crippen LogP contribution in [0.5, 0.6) is 0 Å². The predicted octanol–water partition coefficient (Wildman–Crippen LogP) is 0.189. The minimum atomic E-state index is 0.149. The Labute approximate surface area is 70.6 Å². The zero-order valence-electron chi connectivity index (χ0n) is 7.00. The molecule has 2 heterocycles. The Morgan fingerprint density at radius 1 is 1.67 bits per heavy atom. The summed E-state index contributed by atoms with van der Waals surface area (Å²) in [5.41, 5.74) is 1.67. The van der Waals surface area contributed by atoms with E-state index in [1.54, 1.807) is 4.68 Å². The molecule has 1 aromatic rings. The molecule has 0 aliphatic carbocycles. The minimum absolute atomic E-state index is 0.149. The Morgan fingerprint density at radius 2 is 2.50 bits per heavy atom. The van der Waals surface area contributed by atoms with Crippen molar-refractivity contribution in [3.8, 4) is 0 Å². The number of aryl methyl sites for hydroxylation is 1. The molecule has 0 spiro atoms. The van der Waals surface area contributed by atoms with Gasteiger partial charge in [-0.2, -0.15) is 5.10 Å². The molecule has 1 N–H and O–H groups in total. The van der Waals surface area contributed by atoms with Crippen LogP contribution in [0.1, 0.15) is 23.0 Å². The van der Waals surface area contributed by atoms with Gasteiger partial charge >= 0.3 is 0 Å². The smallest absolute Gasteiger partial charge is 0.180 e. The molecule has 0 saturated carbocycles. The van der Waals surface area contributed by atoms with Gasteiger partial charge in [0.05, 0.1) is 17.8 Å². The van der Waals surface area contributed by atoms with Crippen molar-refractivity contribution in [2.24, 2.45) is 0 Å². The lowest BCUT2D eigenvalue weighted by Gasteiger charge is -2.08. The first-order valence-corrected chi connectivity index (χ1v) is 4.11. The van der Waals surface area contributed by atoms with Gasteiger partial charge in [0.2, 0.25) is 0 Å². The van der Waals surface area contributed by atoms with Gasteiger partial charge in [-0.1, -0.05) is 0 Å². The number of carbonyl (C=O) groups is 1. The van der Waals surface area contributed by atoms with E-state index in [0.717, 1.165) is 17.8 Å². The van der Waals surface area contributed by atoms with Crippen LogP contribution in [0.3, 0.4) is 0 Å². The summed E-state index contributed by atoms with van der Waals surface area (Å²) in [6.07, 6.45) is 1.83. The molecule has 64 valence electrons. The molecule has 0 bridgehead atoms. The number of hydrogen-bond donors (Lipinski definition) is 1. The summed E-state index contributed by atoms with van der Waals surface area (Å²) < 4.78 is 1.80. The average Bonchev–Trinajstić information content (AvgIpc) is 2.49. The van der Waals surface area contributed by atoms with E-state index >= 15 is 0 Å². The lowest BCUT2D eigenvalue weighted by atomic mass is 10.1. The van der Waals surface area contributed by atoms with Gasteiger partial charge in [-0.3, -0.25) is 9.48 Å². The van der Waals surface area contributed by atoms with Crippen LogP contribution in [0.15, 0.2) is 6.20 Å². The minimum Gasteiger partial charge on any atom is -0.304 e. The maximum Gasteiger partial charge on any atom is 0.180 e. The van der Waals surface area contributed by atoms with E-state index in [9.17, 15) is 4.79 Å². The largest absolute Gasteiger partial charge is 0.304 e. The number of carbonyl (C=O) groups excluding carboxylic acids is 1. The highest BCUT2D eigenvalue weighted by Crippen LogP contribution is 2.11. The van der Waals surface area contributed by atoms with Crippen LogP contribution in [-0.2, 0) is 13.1 Å². The molecule has 4 heteroatoms. The van der Waals surface area contributed by atoms with Gasteiger partial charge in [-0.25, -0.2) is 0 Å². The Bertz CT molecular complexity index is 316. The molecule has 0 aromatic carbocycles. The number of hydrogen-bond acceptors (Lipinski definition) is 3. The second kappa shape index (κ2) is 2.71. The van der Waals surface area contributed by atoms with Crippen molar-refractivity contribution in [3.63, 3.8) is 0 Å². The van der Waals surface area contributed by atoms with Crippen LogP contribution >= 0.6 is 0 Å². The first-order valence-electron chi connectivity index (χ1n) is 4.11. The van der Waals surface area contributed by atoms with E-state index in [-0.39, 0.29) is 5.78 Å². The zero-order chi connectivity index (χ0) is 8.55. The normalized spacial score (nSPS) is 16.2. The van der Waals surface area contributed by atoms with Crippen molar-refractivity contribution >= 4 is 5.78 Å². The summed E-state index contributed by atoms with van der Waals surface area (Å²) in [6.45, 7) is 3.99. The van der Waals surface area contributed by atoms with E-state index < -0.39 is 0 Å². The van der Waals surface area contributed by atoms with Crippen molar-refractivity contribution < 1.29 is 4.79 Å². The third-order valence-corrected chi connectivity index (χ3v) is 2.04. The van der Waals surface area contributed by atoms with Gasteiger partial charge < -0.3 is 5.32 Å². The highest BCUT2D eigenvalue weighted by molar-refractivity contribution is 5.99. The fourth-order valence-corrected chi connectivity index (χ4v) is 1.38. The SMILES string of the molecule is CCn1cc2c(n1)CNCC2=O. The average molecular weight is 165 g/mol. The van der Waals surface area contributed by atoms with Crippen LogP contribution in [0, 0.1) is 0 Å². The standard InChI is InChI=1S/C8H11N3O/c1-2-11-5-6-7(10-11)3-9-4-8(6)12/h5,9H,2-4H2,1H3. The second-order valence-electron chi connectivity index (χ2n) is 2.87. The molecular weight excluding hydrogens is 154 g/mol.